The van der Waals surface area contributed by atoms with Gasteiger partial charge in [0, 0.05) is 71.8 Å². The van der Waals surface area contributed by atoms with Gasteiger partial charge in [-0.15, -0.1) is 5.17 Å². The molecule has 32 heavy (non-hydrogen) atoms. The second-order valence-electron chi connectivity index (χ2n) is 8.98. The zero-order chi connectivity index (χ0) is 23.1. The summed E-state index contributed by atoms with van der Waals surface area (Å²) in [4.78, 5) is 34.1. The smallest absolute Gasteiger partial charge is 0.252 e. The van der Waals surface area contributed by atoms with Gasteiger partial charge in [0.05, 0.1) is 0 Å². The maximum Gasteiger partial charge on any atom is 0.252 e. The molecule has 0 aliphatic carbocycles. The largest absolute Gasteiger partial charge is 0.369 e. The van der Waals surface area contributed by atoms with Crippen LogP contribution in [0.4, 0.5) is 5.69 Å². The fourth-order valence-corrected chi connectivity index (χ4v) is 4.56. The number of carbonyl (C=O) groups is 2. The number of primary amides is 1. The predicted molar refractivity (Wildman–Crippen MR) is 126 cm³/mol. The van der Waals surface area contributed by atoms with E-state index in [2.05, 4.69) is 41.1 Å². The number of unbranched alkanes of at least 4 members (excludes halogenated alkanes) is 2. The van der Waals surface area contributed by atoms with Crippen LogP contribution in [0.2, 0.25) is 0 Å². The fraction of sp³-hybridized carbons (Fsp3) is 0.667. The molecule has 1 aromatic carbocycles. The van der Waals surface area contributed by atoms with Crippen LogP contribution >= 0.6 is 0 Å². The van der Waals surface area contributed by atoms with Crippen molar-refractivity contribution in [2.75, 3.05) is 51.2 Å². The Hall–Kier alpha value is -2.16. The van der Waals surface area contributed by atoms with E-state index in [0.717, 1.165) is 32.6 Å². The number of hydrazine groups is 1. The maximum atomic E-state index is 12.3. The van der Waals surface area contributed by atoms with E-state index in [9.17, 15) is 9.59 Å². The molecule has 8 heteroatoms. The lowest BCUT2D eigenvalue weighted by atomic mass is 9.90. The van der Waals surface area contributed by atoms with E-state index in [1.54, 1.807) is 17.0 Å². The summed E-state index contributed by atoms with van der Waals surface area (Å²) in [5, 5.41) is 3.79. The first-order valence-electron chi connectivity index (χ1n) is 11.9. The number of piperazine rings is 1. The highest BCUT2D eigenvalue weighted by Gasteiger charge is 2.44. The average Bonchev–Trinajstić information content (AvgIpc) is 2.80. The first-order valence-corrected chi connectivity index (χ1v) is 11.9. The molecule has 2 saturated heterocycles. The number of hydrogen-bond donors (Lipinski definition) is 1. The summed E-state index contributed by atoms with van der Waals surface area (Å²) in [5.41, 5.74) is 7.32. The third-order valence-electron chi connectivity index (χ3n) is 6.80. The minimum Gasteiger partial charge on any atom is -0.369 e. The summed E-state index contributed by atoms with van der Waals surface area (Å²) in [7, 11) is 1.84. The lowest BCUT2D eigenvalue weighted by molar-refractivity contribution is -0.324. The van der Waals surface area contributed by atoms with Gasteiger partial charge in [0.15, 0.2) is 5.60 Å². The number of piperidine rings is 1. The molecule has 0 spiro atoms. The van der Waals surface area contributed by atoms with Gasteiger partial charge in [0.1, 0.15) is 0 Å². The van der Waals surface area contributed by atoms with Gasteiger partial charge in [-0.2, -0.15) is 0 Å². The molecule has 0 aromatic heterocycles. The number of aryl methyl sites for hydroxylation is 1. The van der Waals surface area contributed by atoms with Crippen LogP contribution in [0.5, 0.6) is 0 Å². The summed E-state index contributed by atoms with van der Waals surface area (Å²) in [6, 6.07) is 8.94. The molecule has 3 rings (SSSR count). The maximum absolute atomic E-state index is 12.3. The van der Waals surface area contributed by atoms with Gasteiger partial charge in [0.2, 0.25) is 5.91 Å². The van der Waals surface area contributed by atoms with Crippen LogP contribution < -0.4 is 10.6 Å². The number of nitrogens with zero attached hydrogens (tertiary/aromatic N) is 4. The van der Waals surface area contributed by atoms with Gasteiger partial charge in [-0.05, 0) is 30.5 Å². The highest BCUT2D eigenvalue weighted by molar-refractivity contribution is 5.84. The minimum absolute atomic E-state index is 0.0153. The van der Waals surface area contributed by atoms with Gasteiger partial charge >= 0.3 is 0 Å². The van der Waals surface area contributed by atoms with Gasteiger partial charge in [-0.3, -0.25) is 14.4 Å². The standard InChI is InChI=1S/C24H39N5O3/c1-4-5-6-7-21-8-10-22(11-9-21)28-16-18-29(19-17-28)26(3)32-24(23(25)31)12-14-27(15-13-24)20(2)30/h8-11H,4-7,12-19H2,1-3H3,(H2,25,31). The van der Waals surface area contributed by atoms with Crippen molar-refractivity contribution in [3.05, 3.63) is 29.8 Å². The summed E-state index contributed by atoms with van der Waals surface area (Å²) in [5.74, 6) is -0.452. The Morgan fingerprint density at radius 3 is 2.19 bits per heavy atom. The monoisotopic (exact) mass is 445 g/mol. The SMILES string of the molecule is CCCCCc1ccc(N2CCN(N(C)OC3(C(N)=O)CCN(C(C)=O)CC3)CC2)cc1. The Labute approximate surface area is 192 Å². The summed E-state index contributed by atoms with van der Waals surface area (Å²) in [6.45, 7) is 8.09. The van der Waals surface area contributed by atoms with Crippen molar-refractivity contribution in [1.82, 2.24) is 15.1 Å². The van der Waals surface area contributed by atoms with Crippen LogP contribution in [0.15, 0.2) is 24.3 Å². The van der Waals surface area contributed by atoms with Crippen LogP contribution in [0, 0.1) is 0 Å². The van der Waals surface area contributed by atoms with Gasteiger partial charge in [-0.1, -0.05) is 31.9 Å². The van der Waals surface area contributed by atoms with Gasteiger partial charge in [0.25, 0.3) is 5.91 Å². The van der Waals surface area contributed by atoms with Crippen LogP contribution in [0.3, 0.4) is 0 Å². The molecule has 2 aliphatic heterocycles. The molecule has 0 radical (unpaired) electrons. The molecule has 8 nitrogen and oxygen atoms in total. The minimum atomic E-state index is -1.06. The average molecular weight is 446 g/mol. The molecule has 178 valence electrons. The first-order chi connectivity index (χ1) is 15.3. The van der Waals surface area contributed by atoms with E-state index >= 15 is 0 Å². The van der Waals surface area contributed by atoms with Crippen LogP contribution in [-0.2, 0) is 20.8 Å². The summed E-state index contributed by atoms with van der Waals surface area (Å²) < 4.78 is 0. The Balaban J connectivity index is 1.51. The predicted octanol–water partition coefficient (Wildman–Crippen LogP) is 2.19. The van der Waals surface area contributed by atoms with Crippen molar-refractivity contribution in [3.8, 4) is 0 Å². The molecule has 1 aromatic rings. The third kappa shape index (κ3) is 5.99. The lowest BCUT2D eigenvalue weighted by Gasteiger charge is -2.45. The Morgan fingerprint density at radius 1 is 1.03 bits per heavy atom. The Morgan fingerprint density at radius 2 is 1.66 bits per heavy atom. The van der Waals surface area contributed by atoms with E-state index in [0.29, 0.717) is 25.9 Å². The highest BCUT2D eigenvalue weighted by Crippen LogP contribution is 2.28. The van der Waals surface area contributed by atoms with E-state index in [1.165, 1.54) is 30.5 Å². The molecular weight excluding hydrogens is 406 g/mol. The van der Waals surface area contributed by atoms with Crippen LogP contribution in [-0.4, -0.2) is 78.8 Å². The van der Waals surface area contributed by atoms with Crippen molar-refractivity contribution in [2.45, 2.75) is 58.0 Å². The summed E-state index contributed by atoms with van der Waals surface area (Å²) >= 11 is 0. The van der Waals surface area contributed by atoms with Crippen LogP contribution in [0.25, 0.3) is 0 Å². The van der Waals surface area contributed by atoms with E-state index in [-0.39, 0.29) is 5.91 Å². The van der Waals surface area contributed by atoms with Gasteiger partial charge < -0.3 is 15.5 Å². The normalized spacial score (nSPS) is 19.4. The molecule has 0 bridgehead atoms. The number of hydrogen-bond acceptors (Lipinski definition) is 6. The molecule has 2 N–H and O–H groups in total. The number of nitrogens with two attached hydrogens (primary N) is 1. The van der Waals surface area contributed by atoms with Gasteiger partial charge in [-0.25, -0.2) is 5.01 Å². The quantitative estimate of drug-likeness (QED) is 0.463. The van der Waals surface area contributed by atoms with Crippen molar-refractivity contribution < 1.29 is 14.4 Å². The van der Waals surface area contributed by atoms with Crippen LogP contribution in [0.1, 0.15) is 51.5 Å². The number of benzene rings is 1. The molecule has 2 fully saturated rings. The van der Waals surface area contributed by atoms with E-state index in [1.807, 2.05) is 7.05 Å². The number of hydroxylamine groups is 1. The molecular formula is C24H39N5O3. The first kappa shape index (κ1) is 24.5. The van der Waals surface area contributed by atoms with Crippen molar-refractivity contribution in [2.24, 2.45) is 5.73 Å². The zero-order valence-corrected chi connectivity index (χ0v) is 19.9. The summed E-state index contributed by atoms with van der Waals surface area (Å²) in [6.07, 6.45) is 5.76. The van der Waals surface area contributed by atoms with Crippen molar-refractivity contribution in [1.29, 1.82) is 0 Å². The number of likely N-dealkylation sites (tertiary alicyclic amines) is 1. The number of rotatable bonds is 9. The molecule has 2 aliphatic rings. The number of anilines is 1. The Kier molecular flexibility index (Phi) is 8.51. The third-order valence-corrected chi connectivity index (χ3v) is 6.80. The van der Waals surface area contributed by atoms with E-state index < -0.39 is 11.5 Å². The molecule has 2 heterocycles. The number of carbonyl (C=O) groups excluding carboxylic acids is 2. The second kappa shape index (κ2) is 11.1. The molecule has 2 amide bonds. The molecule has 0 unspecified atom stereocenters. The highest BCUT2D eigenvalue weighted by atomic mass is 16.7. The molecule has 0 saturated carbocycles. The van der Waals surface area contributed by atoms with Crippen molar-refractivity contribution in [3.63, 3.8) is 0 Å². The second-order valence-corrected chi connectivity index (χ2v) is 8.98. The number of amides is 2. The fourth-order valence-electron chi connectivity index (χ4n) is 4.56. The van der Waals surface area contributed by atoms with Crippen molar-refractivity contribution >= 4 is 17.5 Å². The van der Waals surface area contributed by atoms with E-state index in [4.69, 9.17) is 10.6 Å². The zero-order valence-electron chi connectivity index (χ0n) is 19.9. The Bertz CT molecular complexity index is 753. The molecule has 0 atom stereocenters. The topological polar surface area (TPSA) is 82.3 Å². The lowest BCUT2D eigenvalue weighted by Crippen LogP contribution is -2.60.